The summed E-state index contributed by atoms with van der Waals surface area (Å²) in [5.74, 6) is -0.0715. The van der Waals surface area contributed by atoms with Gasteiger partial charge < -0.3 is 14.6 Å². The molecule has 9 heteroatoms. The molecule has 0 radical (unpaired) electrons. The molecule has 0 aliphatic rings. The smallest absolute Gasteiger partial charge is 0.313 e. The lowest BCUT2D eigenvalue weighted by Crippen LogP contribution is -2.03. The van der Waals surface area contributed by atoms with Crippen molar-refractivity contribution < 1.29 is 19.4 Å². The van der Waals surface area contributed by atoms with Crippen molar-refractivity contribution in [3.8, 4) is 17.2 Å². The van der Waals surface area contributed by atoms with E-state index in [1.54, 1.807) is 16.7 Å². The van der Waals surface area contributed by atoms with E-state index in [2.05, 4.69) is 10.2 Å². The second-order valence-corrected chi connectivity index (χ2v) is 5.17. The zero-order chi connectivity index (χ0) is 15.4. The Labute approximate surface area is 129 Å². The number of carboxylic acid groups (broad SMARTS) is 1. The van der Waals surface area contributed by atoms with Crippen LogP contribution in [0.4, 0.5) is 0 Å². The van der Waals surface area contributed by atoms with Crippen LogP contribution in [0.2, 0.25) is 5.02 Å². The predicted octanol–water partition coefficient (Wildman–Crippen LogP) is 2.11. The Balaban J connectivity index is 2.44. The molecule has 2 aromatic rings. The van der Waals surface area contributed by atoms with Gasteiger partial charge in [-0.05, 0) is 6.07 Å². The summed E-state index contributed by atoms with van der Waals surface area (Å²) >= 11 is 7.17. The van der Waals surface area contributed by atoms with Crippen LogP contribution in [0.3, 0.4) is 0 Å². The predicted molar refractivity (Wildman–Crippen MR) is 77.8 cm³/mol. The minimum Gasteiger partial charge on any atom is -0.495 e. The molecule has 0 atom stereocenters. The summed E-state index contributed by atoms with van der Waals surface area (Å²) in [5.41, 5.74) is 0.598. The lowest BCUT2D eigenvalue weighted by atomic mass is 10.2. The first-order chi connectivity index (χ1) is 10.1. The zero-order valence-electron chi connectivity index (χ0n) is 11.2. The van der Waals surface area contributed by atoms with Gasteiger partial charge in [-0.15, -0.1) is 10.2 Å². The number of carbonyl (C=O) groups is 1. The first-order valence-corrected chi connectivity index (χ1v) is 7.09. The molecule has 1 N–H and O–H groups in total. The number of hydrogen-bond acceptors (Lipinski definition) is 6. The second-order valence-electron chi connectivity index (χ2n) is 3.82. The second kappa shape index (κ2) is 6.68. The van der Waals surface area contributed by atoms with E-state index in [9.17, 15) is 4.79 Å². The summed E-state index contributed by atoms with van der Waals surface area (Å²) in [7, 11) is 3.02. The van der Waals surface area contributed by atoms with Crippen LogP contribution in [-0.2, 0) is 4.79 Å². The number of aromatic nitrogens is 3. The van der Waals surface area contributed by atoms with E-state index in [0.29, 0.717) is 27.4 Å². The number of hydrogen-bond donors (Lipinski definition) is 1. The highest BCUT2D eigenvalue weighted by atomic mass is 35.5. The number of methoxy groups -OCH3 is 2. The quantitative estimate of drug-likeness (QED) is 0.812. The normalized spacial score (nSPS) is 10.4. The molecule has 0 fully saturated rings. The molecule has 0 unspecified atom stereocenters. The van der Waals surface area contributed by atoms with E-state index in [4.69, 9.17) is 26.2 Å². The van der Waals surface area contributed by atoms with Gasteiger partial charge in [0.2, 0.25) is 0 Å². The van der Waals surface area contributed by atoms with Crippen LogP contribution in [0.1, 0.15) is 0 Å². The average Bonchev–Trinajstić information content (AvgIpc) is 2.93. The Hall–Kier alpha value is -1.93. The van der Waals surface area contributed by atoms with Crippen molar-refractivity contribution >= 4 is 29.3 Å². The number of halogens is 1. The van der Waals surface area contributed by atoms with Crippen molar-refractivity contribution in [2.75, 3.05) is 20.0 Å². The summed E-state index contributed by atoms with van der Waals surface area (Å²) in [6.45, 7) is 0. The molecular weight excluding hydrogens is 318 g/mol. The molecule has 0 saturated carbocycles. The lowest BCUT2D eigenvalue weighted by molar-refractivity contribution is -0.133. The number of carboxylic acids is 1. The van der Waals surface area contributed by atoms with Crippen LogP contribution in [0.15, 0.2) is 23.6 Å². The number of nitrogens with zero attached hydrogens (tertiary/aromatic N) is 3. The molecule has 112 valence electrons. The van der Waals surface area contributed by atoms with Crippen LogP contribution in [0.5, 0.6) is 11.5 Å². The van der Waals surface area contributed by atoms with Crippen molar-refractivity contribution in [1.29, 1.82) is 0 Å². The summed E-state index contributed by atoms with van der Waals surface area (Å²) in [5, 5.41) is 17.3. The third kappa shape index (κ3) is 3.40. The van der Waals surface area contributed by atoms with E-state index in [1.165, 1.54) is 20.5 Å². The molecule has 2 rings (SSSR count). The molecule has 21 heavy (non-hydrogen) atoms. The van der Waals surface area contributed by atoms with E-state index in [-0.39, 0.29) is 5.75 Å². The maximum atomic E-state index is 10.7. The minimum atomic E-state index is -0.936. The highest BCUT2D eigenvalue weighted by Gasteiger charge is 2.16. The molecule has 0 bridgehead atoms. The third-order valence-electron chi connectivity index (χ3n) is 2.55. The maximum Gasteiger partial charge on any atom is 0.313 e. The van der Waals surface area contributed by atoms with Crippen LogP contribution >= 0.6 is 23.4 Å². The van der Waals surface area contributed by atoms with Gasteiger partial charge in [0.25, 0.3) is 0 Å². The zero-order valence-corrected chi connectivity index (χ0v) is 12.8. The van der Waals surface area contributed by atoms with Gasteiger partial charge in [0.15, 0.2) is 5.16 Å². The number of rotatable bonds is 6. The number of benzene rings is 1. The van der Waals surface area contributed by atoms with Gasteiger partial charge in [-0.2, -0.15) is 0 Å². The number of thioether (sulfide) groups is 1. The van der Waals surface area contributed by atoms with Crippen LogP contribution in [0.25, 0.3) is 5.69 Å². The Morgan fingerprint density at radius 1 is 1.38 bits per heavy atom. The SMILES string of the molecule is COc1cc(OC)c(-n2cnnc2SCC(=O)O)cc1Cl. The highest BCUT2D eigenvalue weighted by molar-refractivity contribution is 7.99. The molecule has 1 aromatic heterocycles. The van der Waals surface area contributed by atoms with E-state index >= 15 is 0 Å². The van der Waals surface area contributed by atoms with E-state index < -0.39 is 5.97 Å². The van der Waals surface area contributed by atoms with Gasteiger partial charge >= 0.3 is 5.97 Å². The van der Waals surface area contributed by atoms with Crippen LogP contribution in [0, 0.1) is 0 Å². The fourth-order valence-electron chi connectivity index (χ4n) is 1.65. The van der Waals surface area contributed by atoms with Crippen molar-refractivity contribution in [3.05, 3.63) is 23.5 Å². The van der Waals surface area contributed by atoms with Gasteiger partial charge in [0.1, 0.15) is 17.8 Å². The first kappa shape index (κ1) is 15.5. The van der Waals surface area contributed by atoms with Gasteiger partial charge in [-0.25, -0.2) is 0 Å². The summed E-state index contributed by atoms with van der Waals surface area (Å²) < 4.78 is 12.0. The largest absolute Gasteiger partial charge is 0.495 e. The monoisotopic (exact) mass is 329 g/mol. The first-order valence-electron chi connectivity index (χ1n) is 5.73. The van der Waals surface area contributed by atoms with E-state index in [1.807, 2.05) is 0 Å². The molecule has 0 saturated heterocycles. The van der Waals surface area contributed by atoms with Gasteiger partial charge in [0, 0.05) is 6.07 Å². The summed E-state index contributed by atoms with van der Waals surface area (Å²) in [6.07, 6.45) is 1.46. The average molecular weight is 330 g/mol. The third-order valence-corrected chi connectivity index (χ3v) is 3.78. The molecule has 1 aromatic carbocycles. The molecule has 1 heterocycles. The highest BCUT2D eigenvalue weighted by Crippen LogP contribution is 2.36. The Bertz CT molecular complexity index is 662. The standard InChI is InChI=1S/C12H12ClN3O4S/c1-19-9-4-10(20-2)8(3-7(9)13)16-6-14-15-12(16)21-5-11(17)18/h3-4,6H,5H2,1-2H3,(H,17,18). The lowest BCUT2D eigenvalue weighted by Gasteiger charge is -2.13. The molecule has 7 nitrogen and oxygen atoms in total. The van der Waals surface area contributed by atoms with E-state index in [0.717, 1.165) is 11.8 Å². The fraction of sp³-hybridized carbons (Fsp3) is 0.250. The molecule has 0 spiro atoms. The maximum absolute atomic E-state index is 10.7. The van der Waals surface area contributed by atoms with Crippen molar-refractivity contribution in [2.24, 2.45) is 0 Å². The summed E-state index contributed by atoms with van der Waals surface area (Å²) in [6, 6.07) is 3.29. The number of ether oxygens (including phenoxy) is 2. The Morgan fingerprint density at radius 2 is 2.10 bits per heavy atom. The van der Waals surface area contributed by atoms with Gasteiger partial charge in [-0.3, -0.25) is 9.36 Å². The topological polar surface area (TPSA) is 86.5 Å². The van der Waals surface area contributed by atoms with Crippen molar-refractivity contribution in [3.63, 3.8) is 0 Å². The van der Waals surface area contributed by atoms with Crippen LogP contribution < -0.4 is 9.47 Å². The Morgan fingerprint density at radius 3 is 2.71 bits per heavy atom. The molecular formula is C12H12ClN3O4S. The Kier molecular flexibility index (Phi) is 4.92. The van der Waals surface area contributed by atoms with Crippen molar-refractivity contribution in [1.82, 2.24) is 14.8 Å². The molecule has 0 aliphatic heterocycles. The molecule has 0 aliphatic carbocycles. The van der Waals surface area contributed by atoms with Gasteiger partial charge in [0.05, 0.1) is 30.7 Å². The summed E-state index contributed by atoms with van der Waals surface area (Å²) in [4.78, 5) is 10.7. The minimum absolute atomic E-state index is 0.120. The van der Waals surface area contributed by atoms with Crippen LogP contribution in [-0.4, -0.2) is 45.8 Å². The van der Waals surface area contributed by atoms with Gasteiger partial charge in [-0.1, -0.05) is 23.4 Å². The van der Waals surface area contributed by atoms with Crippen molar-refractivity contribution in [2.45, 2.75) is 5.16 Å². The number of aliphatic carboxylic acids is 1. The fourth-order valence-corrected chi connectivity index (χ4v) is 2.52. The molecule has 0 amide bonds.